The third kappa shape index (κ3) is 5.02. The summed E-state index contributed by atoms with van der Waals surface area (Å²) in [5.41, 5.74) is 14.6. The van der Waals surface area contributed by atoms with E-state index in [1.165, 1.54) is 64.7 Å². The molecular weight excluding hydrogens is 697 g/mol. The Morgan fingerprint density at radius 2 is 0.893 bits per heavy atom. The van der Waals surface area contributed by atoms with Gasteiger partial charge in [0.25, 0.3) is 0 Å². The van der Waals surface area contributed by atoms with E-state index >= 15 is 0 Å². The molecule has 0 N–H and O–H groups in total. The van der Waals surface area contributed by atoms with Crippen molar-refractivity contribution in [2.24, 2.45) is 0 Å². The van der Waals surface area contributed by atoms with E-state index in [4.69, 9.17) is 9.97 Å². The van der Waals surface area contributed by atoms with Crippen LogP contribution in [0.1, 0.15) is 22.3 Å². The number of hydrogen-bond acceptors (Lipinski definition) is 3. The molecule has 0 atom stereocenters. The van der Waals surface area contributed by atoms with Crippen molar-refractivity contribution in [1.82, 2.24) is 9.97 Å². The fourth-order valence-electron chi connectivity index (χ4n) is 8.94. The first-order valence-electron chi connectivity index (χ1n) is 19.1. The van der Waals surface area contributed by atoms with Gasteiger partial charge >= 0.3 is 0 Å². The van der Waals surface area contributed by atoms with Crippen molar-refractivity contribution in [2.75, 3.05) is 0 Å². The summed E-state index contributed by atoms with van der Waals surface area (Å²) in [5, 5.41) is 2.41. The van der Waals surface area contributed by atoms with Gasteiger partial charge in [-0.05, 0) is 68.8 Å². The first kappa shape index (κ1) is 32.5. The van der Waals surface area contributed by atoms with Crippen LogP contribution in [-0.4, -0.2) is 9.97 Å². The Morgan fingerprint density at radius 1 is 0.375 bits per heavy atom. The Labute approximate surface area is 330 Å². The zero-order valence-electron chi connectivity index (χ0n) is 30.4. The normalized spacial score (nSPS) is 12.8. The summed E-state index contributed by atoms with van der Waals surface area (Å²) in [6.45, 7) is 0. The van der Waals surface area contributed by atoms with Crippen LogP contribution in [0.2, 0.25) is 0 Å². The van der Waals surface area contributed by atoms with Crippen molar-refractivity contribution >= 4 is 31.5 Å². The molecule has 10 aromatic rings. The van der Waals surface area contributed by atoms with E-state index in [0.717, 1.165) is 33.9 Å². The SMILES string of the molecule is c1ccc(-c2cc(-c3ccccc3)nc(-c3ccc(-c4ccc5c(c4)C(c4ccccc4)(c4ccccc4)c4ccccc4-5)c4sc5ccccc5c34)n2)cc1. The first-order valence-corrected chi connectivity index (χ1v) is 19.9. The summed E-state index contributed by atoms with van der Waals surface area (Å²) in [6.07, 6.45) is 0. The fourth-order valence-corrected chi connectivity index (χ4v) is 10.2. The summed E-state index contributed by atoms with van der Waals surface area (Å²) >= 11 is 1.85. The summed E-state index contributed by atoms with van der Waals surface area (Å²) in [7, 11) is 0. The topological polar surface area (TPSA) is 25.8 Å². The van der Waals surface area contributed by atoms with Crippen LogP contribution in [0.5, 0.6) is 0 Å². The lowest BCUT2D eigenvalue weighted by molar-refractivity contribution is 0.769. The highest BCUT2D eigenvalue weighted by atomic mass is 32.1. The van der Waals surface area contributed by atoms with Crippen LogP contribution in [0.3, 0.4) is 0 Å². The van der Waals surface area contributed by atoms with Crippen molar-refractivity contribution in [3.63, 3.8) is 0 Å². The van der Waals surface area contributed by atoms with Gasteiger partial charge in [0.2, 0.25) is 0 Å². The van der Waals surface area contributed by atoms with Crippen LogP contribution in [0.15, 0.2) is 206 Å². The molecule has 3 heteroatoms. The van der Waals surface area contributed by atoms with Gasteiger partial charge in [0.15, 0.2) is 5.82 Å². The Hall–Kier alpha value is -6.94. The van der Waals surface area contributed by atoms with E-state index < -0.39 is 5.41 Å². The van der Waals surface area contributed by atoms with Crippen molar-refractivity contribution in [2.45, 2.75) is 5.41 Å². The molecule has 262 valence electrons. The molecule has 0 saturated carbocycles. The maximum atomic E-state index is 5.29. The quantitative estimate of drug-likeness (QED) is 0.170. The molecule has 0 bridgehead atoms. The van der Waals surface area contributed by atoms with Crippen molar-refractivity contribution in [1.29, 1.82) is 0 Å². The highest BCUT2D eigenvalue weighted by Crippen LogP contribution is 2.57. The summed E-state index contributed by atoms with van der Waals surface area (Å²) in [5.74, 6) is 0.724. The number of nitrogens with zero attached hydrogens (tertiary/aromatic N) is 2. The van der Waals surface area contributed by atoms with E-state index in [1.807, 2.05) is 23.5 Å². The standard InChI is InChI=1S/C53H34N2S/c1-5-17-35(18-6-1)47-34-48(36-19-7-2-8-20-36)55-52(54-47)44-32-31-40(51-50(44)43-26-14-16-28-49(43)56-51)37-29-30-42-41-25-13-15-27-45(41)53(46(42)33-37,38-21-9-3-10-22-38)39-23-11-4-12-24-39/h1-34H. The summed E-state index contributed by atoms with van der Waals surface area (Å²) in [4.78, 5) is 10.6. The van der Waals surface area contributed by atoms with Gasteiger partial charge in [0.1, 0.15) is 0 Å². The third-order valence-corrected chi connectivity index (χ3v) is 12.6. The van der Waals surface area contributed by atoms with E-state index in [2.05, 4.69) is 194 Å². The van der Waals surface area contributed by atoms with Crippen LogP contribution in [-0.2, 0) is 5.41 Å². The molecule has 0 unspecified atom stereocenters. The van der Waals surface area contributed by atoms with Crippen molar-refractivity contribution in [3.8, 4) is 56.2 Å². The minimum Gasteiger partial charge on any atom is -0.228 e. The smallest absolute Gasteiger partial charge is 0.161 e. The third-order valence-electron chi connectivity index (χ3n) is 11.4. The minimum absolute atomic E-state index is 0.469. The van der Waals surface area contributed by atoms with Gasteiger partial charge in [-0.3, -0.25) is 0 Å². The molecule has 1 aliphatic rings. The Balaban J connectivity index is 1.17. The van der Waals surface area contributed by atoms with Crippen molar-refractivity contribution in [3.05, 3.63) is 229 Å². The number of hydrogen-bond donors (Lipinski definition) is 0. The minimum atomic E-state index is -0.469. The van der Waals surface area contributed by atoms with Gasteiger partial charge in [-0.25, -0.2) is 9.97 Å². The average Bonchev–Trinajstić information content (AvgIpc) is 3.81. The highest BCUT2D eigenvalue weighted by molar-refractivity contribution is 7.26. The summed E-state index contributed by atoms with van der Waals surface area (Å²) in [6, 6.07) is 74.4. The molecule has 2 heterocycles. The molecule has 2 nitrogen and oxygen atoms in total. The predicted octanol–water partition coefficient (Wildman–Crippen LogP) is 13.9. The van der Waals surface area contributed by atoms with Crippen molar-refractivity contribution < 1.29 is 0 Å². The second-order valence-corrected chi connectivity index (χ2v) is 15.5. The monoisotopic (exact) mass is 730 g/mol. The molecule has 0 saturated heterocycles. The van der Waals surface area contributed by atoms with E-state index in [9.17, 15) is 0 Å². The lowest BCUT2D eigenvalue weighted by Gasteiger charge is -2.34. The maximum absolute atomic E-state index is 5.29. The average molecular weight is 731 g/mol. The molecule has 0 amide bonds. The molecule has 2 aromatic heterocycles. The zero-order chi connectivity index (χ0) is 37.1. The van der Waals surface area contributed by atoms with Crippen LogP contribution in [0, 0.1) is 0 Å². The van der Waals surface area contributed by atoms with Gasteiger partial charge in [0.05, 0.1) is 16.8 Å². The molecule has 8 aromatic carbocycles. The van der Waals surface area contributed by atoms with Crippen LogP contribution in [0.4, 0.5) is 0 Å². The second kappa shape index (κ2) is 13.1. The Kier molecular flexibility index (Phi) is 7.61. The van der Waals surface area contributed by atoms with Gasteiger partial charge in [-0.15, -0.1) is 11.3 Å². The molecule has 56 heavy (non-hydrogen) atoms. The lowest BCUT2D eigenvalue weighted by atomic mass is 9.67. The number of aromatic nitrogens is 2. The van der Waals surface area contributed by atoms with Crippen LogP contribution in [0.25, 0.3) is 76.3 Å². The first-order chi connectivity index (χ1) is 27.8. The van der Waals surface area contributed by atoms with E-state index in [-0.39, 0.29) is 0 Å². The molecule has 0 radical (unpaired) electrons. The number of benzene rings is 8. The second-order valence-electron chi connectivity index (χ2n) is 14.4. The summed E-state index contributed by atoms with van der Waals surface area (Å²) < 4.78 is 2.48. The fraction of sp³-hybridized carbons (Fsp3) is 0.0189. The van der Waals surface area contributed by atoms with Gasteiger partial charge < -0.3 is 0 Å². The molecule has 0 fully saturated rings. The molecule has 11 rings (SSSR count). The highest BCUT2D eigenvalue weighted by Gasteiger charge is 2.46. The Morgan fingerprint density at radius 3 is 1.55 bits per heavy atom. The molecule has 1 aliphatic carbocycles. The predicted molar refractivity (Wildman–Crippen MR) is 234 cm³/mol. The van der Waals surface area contributed by atoms with E-state index in [0.29, 0.717) is 0 Å². The zero-order valence-corrected chi connectivity index (χ0v) is 31.2. The van der Waals surface area contributed by atoms with E-state index in [1.54, 1.807) is 0 Å². The number of thiophene rings is 1. The molecule has 0 aliphatic heterocycles. The number of rotatable bonds is 6. The van der Waals surface area contributed by atoms with Gasteiger partial charge in [0, 0.05) is 36.9 Å². The number of fused-ring (bicyclic) bond motifs is 6. The van der Waals surface area contributed by atoms with Crippen LogP contribution < -0.4 is 0 Å². The maximum Gasteiger partial charge on any atom is 0.161 e. The lowest BCUT2D eigenvalue weighted by Crippen LogP contribution is -2.28. The molecule has 0 spiro atoms. The van der Waals surface area contributed by atoms with Crippen LogP contribution >= 0.6 is 11.3 Å². The molecular formula is C53H34N2S. The largest absolute Gasteiger partial charge is 0.228 e. The van der Waals surface area contributed by atoms with Gasteiger partial charge in [-0.1, -0.05) is 182 Å². The Bertz CT molecular complexity index is 2960. The van der Waals surface area contributed by atoms with Gasteiger partial charge in [-0.2, -0.15) is 0 Å².